The molecule has 0 amide bonds. The summed E-state index contributed by atoms with van der Waals surface area (Å²) in [6.07, 6.45) is 6.64. The van der Waals surface area contributed by atoms with Gasteiger partial charge in [-0.3, -0.25) is 9.78 Å². The molecule has 0 aliphatic carbocycles. The van der Waals surface area contributed by atoms with E-state index in [0.717, 1.165) is 18.4 Å². The normalized spacial score (nSPS) is 11.0. The van der Waals surface area contributed by atoms with Crippen molar-refractivity contribution in [3.05, 3.63) is 77.7 Å². The van der Waals surface area contributed by atoms with Gasteiger partial charge in [0.1, 0.15) is 11.5 Å². The molecule has 0 atom stereocenters. The average Bonchev–Trinajstić information content (AvgIpc) is 2.82. The molecule has 33 heavy (non-hydrogen) atoms. The SMILES string of the molecule is COc1ccc(C(=O)c2ccc(OCCCc3cccnc3)nc2)c(OC(C)(C)C(=O)O)c1. The van der Waals surface area contributed by atoms with Gasteiger partial charge in [-0.05, 0) is 56.5 Å². The second-order valence-electron chi connectivity index (χ2n) is 7.81. The zero-order valence-corrected chi connectivity index (χ0v) is 18.8. The minimum atomic E-state index is -1.53. The van der Waals surface area contributed by atoms with Crippen molar-refractivity contribution in [3.8, 4) is 17.4 Å². The van der Waals surface area contributed by atoms with Crippen molar-refractivity contribution in [1.29, 1.82) is 0 Å². The number of ketones is 1. The van der Waals surface area contributed by atoms with Gasteiger partial charge in [0, 0.05) is 36.3 Å². The van der Waals surface area contributed by atoms with Crippen LogP contribution in [0.2, 0.25) is 0 Å². The highest BCUT2D eigenvalue weighted by atomic mass is 16.5. The summed E-state index contributed by atoms with van der Waals surface area (Å²) in [6, 6.07) is 11.8. The molecule has 1 N–H and O–H groups in total. The van der Waals surface area contributed by atoms with Gasteiger partial charge in [-0.25, -0.2) is 9.78 Å². The summed E-state index contributed by atoms with van der Waals surface area (Å²) in [5, 5.41) is 9.39. The Morgan fingerprint density at radius 1 is 1.09 bits per heavy atom. The Bertz CT molecular complexity index is 1100. The van der Waals surface area contributed by atoms with E-state index in [1.54, 1.807) is 24.4 Å². The first-order valence-corrected chi connectivity index (χ1v) is 10.4. The molecule has 0 bridgehead atoms. The van der Waals surface area contributed by atoms with Crippen LogP contribution in [0.1, 0.15) is 41.8 Å². The summed E-state index contributed by atoms with van der Waals surface area (Å²) in [7, 11) is 1.47. The lowest BCUT2D eigenvalue weighted by Crippen LogP contribution is -2.38. The molecule has 3 rings (SSSR count). The molecule has 0 saturated carbocycles. The van der Waals surface area contributed by atoms with Gasteiger partial charge in [0.05, 0.1) is 19.3 Å². The molecule has 3 aromatic rings. The first kappa shape index (κ1) is 23.7. The average molecular weight is 450 g/mol. The van der Waals surface area contributed by atoms with E-state index < -0.39 is 11.6 Å². The summed E-state index contributed by atoms with van der Waals surface area (Å²) in [4.78, 5) is 32.9. The molecular formula is C25H26N2O6. The Labute approximate surface area is 192 Å². The largest absolute Gasteiger partial charge is 0.497 e. The Balaban J connectivity index is 1.68. The maximum atomic E-state index is 13.1. The first-order valence-electron chi connectivity index (χ1n) is 10.4. The molecule has 1 aromatic carbocycles. The second kappa shape index (κ2) is 10.6. The molecule has 0 fully saturated rings. The second-order valence-corrected chi connectivity index (χ2v) is 7.81. The van der Waals surface area contributed by atoms with E-state index in [1.807, 2.05) is 18.3 Å². The minimum absolute atomic E-state index is 0.113. The van der Waals surface area contributed by atoms with Crippen LogP contribution in [0, 0.1) is 0 Å². The van der Waals surface area contributed by atoms with Crippen molar-refractivity contribution >= 4 is 11.8 Å². The van der Waals surface area contributed by atoms with E-state index in [-0.39, 0.29) is 17.1 Å². The number of hydrogen-bond acceptors (Lipinski definition) is 7. The fourth-order valence-corrected chi connectivity index (χ4v) is 2.97. The number of rotatable bonds is 11. The van der Waals surface area contributed by atoms with Crippen molar-refractivity contribution in [2.45, 2.75) is 32.3 Å². The van der Waals surface area contributed by atoms with Gasteiger partial charge in [0.2, 0.25) is 5.88 Å². The van der Waals surface area contributed by atoms with Crippen LogP contribution in [0.4, 0.5) is 0 Å². The third-order valence-corrected chi connectivity index (χ3v) is 4.89. The monoisotopic (exact) mass is 450 g/mol. The molecule has 0 aliphatic heterocycles. The Kier molecular flexibility index (Phi) is 7.61. The highest BCUT2D eigenvalue weighted by molar-refractivity contribution is 6.10. The van der Waals surface area contributed by atoms with E-state index in [9.17, 15) is 14.7 Å². The molecule has 0 unspecified atom stereocenters. The van der Waals surface area contributed by atoms with E-state index in [1.165, 1.54) is 39.3 Å². The van der Waals surface area contributed by atoms with Gasteiger partial charge in [-0.2, -0.15) is 0 Å². The van der Waals surface area contributed by atoms with Crippen molar-refractivity contribution in [3.63, 3.8) is 0 Å². The maximum absolute atomic E-state index is 13.1. The number of carboxylic acids is 1. The summed E-state index contributed by atoms with van der Waals surface area (Å²) < 4.78 is 16.5. The van der Waals surface area contributed by atoms with Crippen molar-refractivity contribution < 1.29 is 28.9 Å². The highest BCUT2D eigenvalue weighted by Crippen LogP contribution is 2.30. The molecule has 0 aliphatic rings. The molecule has 8 heteroatoms. The topological polar surface area (TPSA) is 108 Å². The maximum Gasteiger partial charge on any atom is 0.347 e. The number of pyridine rings is 2. The van der Waals surface area contributed by atoms with Gasteiger partial charge in [-0.1, -0.05) is 6.07 Å². The zero-order valence-electron chi connectivity index (χ0n) is 18.8. The third-order valence-electron chi connectivity index (χ3n) is 4.89. The van der Waals surface area contributed by atoms with Crippen LogP contribution in [-0.4, -0.2) is 46.1 Å². The standard InChI is InChI=1S/C25H26N2O6/c1-25(2,24(29)30)33-21-14-19(31-3)9-10-20(21)23(28)18-8-11-22(27-16-18)32-13-5-7-17-6-4-12-26-15-17/h4,6,8-12,14-16H,5,7,13H2,1-3H3,(H,29,30). The fraction of sp³-hybridized carbons (Fsp3) is 0.280. The lowest BCUT2D eigenvalue weighted by atomic mass is 10.0. The number of aryl methyl sites for hydroxylation is 1. The van der Waals surface area contributed by atoms with E-state index >= 15 is 0 Å². The minimum Gasteiger partial charge on any atom is -0.497 e. The number of aliphatic carboxylic acids is 1. The first-order chi connectivity index (χ1) is 15.8. The number of aromatic nitrogens is 2. The highest BCUT2D eigenvalue weighted by Gasteiger charge is 2.31. The van der Waals surface area contributed by atoms with Gasteiger partial charge < -0.3 is 19.3 Å². The summed E-state index contributed by atoms with van der Waals surface area (Å²) >= 11 is 0. The number of carbonyl (C=O) groups excluding carboxylic acids is 1. The predicted octanol–water partition coefficient (Wildman–Crippen LogP) is 3.97. The molecule has 2 heterocycles. The summed E-state index contributed by atoms with van der Waals surface area (Å²) in [5.41, 5.74) is 0.129. The number of ether oxygens (including phenoxy) is 3. The number of nitrogens with zero attached hydrogens (tertiary/aromatic N) is 2. The van der Waals surface area contributed by atoms with Crippen LogP contribution in [0.15, 0.2) is 61.1 Å². The number of carboxylic acid groups (broad SMARTS) is 1. The van der Waals surface area contributed by atoms with Crippen LogP contribution in [0.5, 0.6) is 17.4 Å². The lowest BCUT2D eigenvalue weighted by molar-refractivity contribution is -0.152. The quantitative estimate of drug-likeness (QED) is 0.345. The zero-order chi connectivity index (χ0) is 23.8. The van der Waals surface area contributed by atoms with Gasteiger partial charge in [-0.15, -0.1) is 0 Å². The van der Waals surface area contributed by atoms with Crippen molar-refractivity contribution in [2.75, 3.05) is 13.7 Å². The molecule has 172 valence electrons. The smallest absolute Gasteiger partial charge is 0.347 e. The number of methoxy groups -OCH3 is 1. The fourth-order valence-electron chi connectivity index (χ4n) is 2.97. The third kappa shape index (κ3) is 6.29. The van der Waals surface area contributed by atoms with E-state index in [2.05, 4.69) is 9.97 Å². The number of carbonyl (C=O) groups is 2. The number of benzene rings is 1. The molecule has 0 saturated heterocycles. The van der Waals surface area contributed by atoms with Gasteiger partial charge in [0.25, 0.3) is 0 Å². The lowest BCUT2D eigenvalue weighted by Gasteiger charge is -2.23. The van der Waals surface area contributed by atoms with Gasteiger partial charge >= 0.3 is 5.97 Å². The Morgan fingerprint density at radius 3 is 2.55 bits per heavy atom. The summed E-state index contributed by atoms with van der Waals surface area (Å²) in [6.45, 7) is 3.30. The van der Waals surface area contributed by atoms with E-state index in [0.29, 0.717) is 23.8 Å². The Morgan fingerprint density at radius 2 is 1.91 bits per heavy atom. The predicted molar refractivity (Wildman–Crippen MR) is 121 cm³/mol. The van der Waals surface area contributed by atoms with Crippen molar-refractivity contribution in [2.24, 2.45) is 0 Å². The molecule has 0 spiro atoms. The Hall–Kier alpha value is -3.94. The molecule has 8 nitrogen and oxygen atoms in total. The number of hydrogen-bond donors (Lipinski definition) is 1. The van der Waals surface area contributed by atoms with Crippen LogP contribution in [0.25, 0.3) is 0 Å². The molecule has 2 aromatic heterocycles. The molecule has 0 radical (unpaired) electrons. The summed E-state index contributed by atoms with van der Waals surface area (Å²) in [5.74, 6) is -0.547. The van der Waals surface area contributed by atoms with Crippen LogP contribution in [0.3, 0.4) is 0 Å². The van der Waals surface area contributed by atoms with Crippen LogP contribution in [-0.2, 0) is 11.2 Å². The van der Waals surface area contributed by atoms with E-state index in [4.69, 9.17) is 14.2 Å². The van der Waals surface area contributed by atoms with Crippen molar-refractivity contribution in [1.82, 2.24) is 9.97 Å². The molecular weight excluding hydrogens is 424 g/mol. The van der Waals surface area contributed by atoms with Crippen LogP contribution >= 0.6 is 0 Å². The van der Waals surface area contributed by atoms with Crippen LogP contribution < -0.4 is 14.2 Å². The van der Waals surface area contributed by atoms with Gasteiger partial charge in [0.15, 0.2) is 11.4 Å².